The molecule has 2 saturated heterocycles. The van der Waals surface area contributed by atoms with Crippen molar-refractivity contribution in [2.75, 3.05) is 50.0 Å². The molecule has 0 radical (unpaired) electrons. The number of nitrogens with one attached hydrogen (secondary N) is 1. The molecule has 2 aromatic carbocycles. The highest BCUT2D eigenvalue weighted by Gasteiger charge is 2.35. The van der Waals surface area contributed by atoms with Crippen LogP contribution in [0.15, 0.2) is 47.4 Å². The molecule has 0 aliphatic carbocycles. The van der Waals surface area contributed by atoms with Crippen molar-refractivity contribution in [3.63, 3.8) is 0 Å². The second-order valence-electron chi connectivity index (χ2n) is 13.0. The van der Waals surface area contributed by atoms with Crippen molar-refractivity contribution in [2.45, 2.75) is 68.7 Å². The minimum absolute atomic E-state index is 0.0514. The van der Waals surface area contributed by atoms with Crippen LogP contribution >= 0.6 is 11.8 Å². The smallest absolute Gasteiger partial charge is 0.340 e. The third kappa shape index (κ3) is 8.52. The first-order chi connectivity index (χ1) is 23.8. The number of rotatable bonds is 11. The van der Waals surface area contributed by atoms with E-state index in [4.69, 9.17) is 5.10 Å². The van der Waals surface area contributed by atoms with Crippen molar-refractivity contribution in [3.05, 3.63) is 65.1 Å². The summed E-state index contributed by atoms with van der Waals surface area (Å²) < 4.78 is 83.8. The first kappa shape index (κ1) is 36.3. The monoisotopic (exact) mass is 736 g/mol. The standard InChI is InChI=1S/C34H40F4N6O4S2/c1-50(47,48)42-19-13-29-27(21-42)33(40-44(29)16-3-14-41-17-11-26(12-18-41)43-15-2-4-32(43)46)23-5-10-28(34(36,37)38)30(20-23)49-22-31(45)39-25-8-6-24(35)7-9-25/h5-10,20,26H,2-4,11-19,21-22H2,1H3,(H,39,45). The third-order valence-electron chi connectivity index (χ3n) is 9.57. The maximum Gasteiger partial charge on any atom is 0.417 e. The van der Waals surface area contributed by atoms with Gasteiger partial charge in [0.2, 0.25) is 21.8 Å². The lowest BCUT2D eigenvalue weighted by atomic mass is 10.0. The molecule has 0 atom stereocenters. The fourth-order valence-electron chi connectivity index (χ4n) is 7.02. The molecule has 4 heterocycles. The van der Waals surface area contributed by atoms with Gasteiger partial charge in [-0.25, -0.2) is 12.8 Å². The number of sulfonamides is 1. The van der Waals surface area contributed by atoms with E-state index in [1.54, 1.807) is 0 Å². The Morgan fingerprint density at radius 3 is 2.42 bits per heavy atom. The molecule has 1 N–H and O–H groups in total. The summed E-state index contributed by atoms with van der Waals surface area (Å²) in [6, 6.07) is 9.03. The number of amides is 2. The number of piperidine rings is 1. The van der Waals surface area contributed by atoms with Crippen molar-refractivity contribution in [2.24, 2.45) is 0 Å². The lowest BCUT2D eigenvalue weighted by Gasteiger charge is -2.36. The van der Waals surface area contributed by atoms with E-state index in [1.807, 2.05) is 9.58 Å². The number of benzene rings is 2. The Morgan fingerprint density at radius 2 is 1.76 bits per heavy atom. The average molecular weight is 737 g/mol. The van der Waals surface area contributed by atoms with Crippen molar-refractivity contribution >= 4 is 39.3 Å². The number of nitrogens with zero attached hydrogens (tertiary/aromatic N) is 5. The van der Waals surface area contributed by atoms with Gasteiger partial charge in [-0.2, -0.15) is 22.6 Å². The van der Waals surface area contributed by atoms with E-state index < -0.39 is 33.5 Å². The molecule has 6 rings (SSSR count). The zero-order chi connectivity index (χ0) is 35.6. The van der Waals surface area contributed by atoms with E-state index in [1.165, 1.54) is 40.7 Å². The second kappa shape index (κ2) is 15.0. The average Bonchev–Trinajstić information content (AvgIpc) is 3.67. The molecule has 16 heteroatoms. The summed E-state index contributed by atoms with van der Waals surface area (Å²) in [6.45, 7) is 4.34. The van der Waals surface area contributed by atoms with Gasteiger partial charge >= 0.3 is 6.18 Å². The largest absolute Gasteiger partial charge is 0.417 e. The molecule has 0 bridgehead atoms. The van der Waals surface area contributed by atoms with Crippen LogP contribution in [0, 0.1) is 5.82 Å². The lowest BCUT2D eigenvalue weighted by Crippen LogP contribution is -2.45. The van der Waals surface area contributed by atoms with E-state index in [0.717, 1.165) is 81.6 Å². The maximum absolute atomic E-state index is 14.1. The second-order valence-corrected chi connectivity index (χ2v) is 16.0. The number of carbonyl (C=O) groups is 2. The Hall–Kier alpha value is -3.47. The van der Waals surface area contributed by atoms with Crippen molar-refractivity contribution in [3.8, 4) is 11.3 Å². The SMILES string of the molecule is CS(=O)(=O)N1CCc2c(c(-c3ccc(C(F)(F)F)c(SCC(=O)Nc4ccc(F)cc4)c3)nn2CCCN2CCC(N3CCCC3=O)CC2)C1. The van der Waals surface area contributed by atoms with Crippen LogP contribution in [0.4, 0.5) is 23.2 Å². The summed E-state index contributed by atoms with van der Waals surface area (Å²) in [4.78, 5) is 29.0. The number of aromatic nitrogens is 2. The van der Waals surface area contributed by atoms with E-state index in [2.05, 4.69) is 10.2 Å². The Morgan fingerprint density at radius 1 is 1.02 bits per heavy atom. The van der Waals surface area contributed by atoms with Gasteiger partial charge < -0.3 is 15.1 Å². The predicted octanol–water partition coefficient (Wildman–Crippen LogP) is 5.23. The summed E-state index contributed by atoms with van der Waals surface area (Å²) in [5.74, 6) is -1.12. The van der Waals surface area contributed by atoms with Crippen LogP contribution in [-0.4, -0.2) is 94.9 Å². The first-order valence-electron chi connectivity index (χ1n) is 16.7. The molecule has 3 aliphatic heterocycles. The van der Waals surface area contributed by atoms with Crippen LogP contribution in [0.2, 0.25) is 0 Å². The molecule has 2 fully saturated rings. The Labute approximate surface area is 293 Å². The highest BCUT2D eigenvalue weighted by atomic mass is 32.2. The number of aryl methyl sites for hydroxylation is 1. The molecule has 0 spiro atoms. The summed E-state index contributed by atoms with van der Waals surface area (Å²) >= 11 is 0.726. The fraction of sp³-hybridized carbons (Fsp3) is 0.500. The van der Waals surface area contributed by atoms with Crippen molar-refractivity contribution in [1.29, 1.82) is 0 Å². The highest BCUT2D eigenvalue weighted by Crippen LogP contribution is 2.40. The third-order valence-corrected chi connectivity index (χ3v) is 11.9. The quantitative estimate of drug-likeness (QED) is 0.212. The fourth-order valence-corrected chi connectivity index (χ4v) is 8.71. The Balaban J connectivity index is 1.19. The van der Waals surface area contributed by atoms with E-state index in [9.17, 15) is 35.6 Å². The van der Waals surface area contributed by atoms with E-state index in [0.29, 0.717) is 47.9 Å². The Bertz CT molecular complexity index is 1830. The molecular weight excluding hydrogens is 697 g/mol. The summed E-state index contributed by atoms with van der Waals surface area (Å²) in [6.07, 6.45) is 1.09. The number of carbonyl (C=O) groups excluding carboxylic acids is 2. The summed E-state index contributed by atoms with van der Waals surface area (Å²) in [7, 11) is -3.54. The van der Waals surface area contributed by atoms with Crippen LogP contribution in [0.25, 0.3) is 11.3 Å². The maximum atomic E-state index is 14.1. The zero-order valence-electron chi connectivity index (χ0n) is 27.7. The van der Waals surface area contributed by atoms with E-state index >= 15 is 0 Å². The number of halogens is 4. The molecule has 1 aromatic heterocycles. The topological polar surface area (TPSA) is 108 Å². The Kier molecular flexibility index (Phi) is 10.9. The van der Waals surface area contributed by atoms with Gasteiger partial charge in [-0.1, -0.05) is 6.07 Å². The van der Waals surface area contributed by atoms with Gasteiger partial charge in [0.1, 0.15) is 5.82 Å². The van der Waals surface area contributed by atoms with Crippen LogP contribution in [-0.2, 0) is 45.3 Å². The number of thioether (sulfide) groups is 1. The summed E-state index contributed by atoms with van der Waals surface area (Å²) in [5.41, 5.74) is 1.74. The molecule has 270 valence electrons. The van der Waals surface area contributed by atoms with Crippen LogP contribution in [0.3, 0.4) is 0 Å². The van der Waals surface area contributed by atoms with Crippen molar-refractivity contribution < 1.29 is 35.6 Å². The van der Waals surface area contributed by atoms with Gasteiger partial charge in [0.05, 0.1) is 23.3 Å². The van der Waals surface area contributed by atoms with Gasteiger partial charge in [0, 0.05) is 85.6 Å². The molecule has 50 heavy (non-hydrogen) atoms. The van der Waals surface area contributed by atoms with Gasteiger partial charge in [-0.15, -0.1) is 11.8 Å². The molecule has 2 amide bonds. The number of hydrogen-bond donors (Lipinski definition) is 1. The molecule has 3 aliphatic rings. The molecule has 10 nitrogen and oxygen atoms in total. The number of alkyl halides is 3. The number of anilines is 1. The van der Waals surface area contributed by atoms with Gasteiger partial charge in [0.25, 0.3) is 0 Å². The summed E-state index contributed by atoms with van der Waals surface area (Å²) in [5, 5.41) is 7.42. The molecule has 0 unspecified atom stereocenters. The number of likely N-dealkylation sites (tertiary alicyclic amines) is 2. The zero-order valence-corrected chi connectivity index (χ0v) is 29.3. The first-order valence-corrected chi connectivity index (χ1v) is 19.5. The van der Waals surface area contributed by atoms with Gasteiger partial charge in [-0.3, -0.25) is 14.3 Å². The van der Waals surface area contributed by atoms with Crippen LogP contribution < -0.4 is 5.32 Å². The minimum Gasteiger partial charge on any atom is -0.340 e. The lowest BCUT2D eigenvalue weighted by molar-refractivity contribution is -0.139. The number of fused-ring (bicyclic) bond motifs is 1. The van der Waals surface area contributed by atoms with Crippen LogP contribution in [0.5, 0.6) is 0 Å². The predicted molar refractivity (Wildman–Crippen MR) is 182 cm³/mol. The normalized spacial score (nSPS) is 18.1. The van der Waals surface area contributed by atoms with Crippen LogP contribution in [0.1, 0.15) is 48.9 Å². The minimum atomic E-state index is -4.68. The molecule has 3 aromatic rings. The number of hydrogen-bond acceptors (Lipinski definition) is 7. The van der Waals surface area contributed by atoms with Crippen molar-refractivity contribution in [1.82, 2.24) is 23.9 Å². The molecule has 0 saturated carbocycles. The van der Waals surface area contributed by atoms with Gasteiger partial charge in [0.15, 0.2) is 0 Å². The van der Waals surface area contributed by atoms with E-state index in [-0.39, 0.29) is 29.6 Å². The highest BCUT2D eigenvalue weighted by molar-refractivity contribution is 8.00. The van der Waals surface area contributed by atoms with Gasteiger partial charge in [-0.05, 0) is 68.6 Å². The molecular formula is C34H40F4N6O4S2.